The van der Waals surface area contributed by atoms with E-state index in [4.69, 9.17) is 4.42 Å². The molecule has 1 aromatic carbocycles. The molecular weight excluding hydrogens is 207 g/mol. The molecule has 0 fully saturated rings. The fourth-order valence-corrected chi connectivity index (χ4v) is 1.38. The summed E-state index contributed by atoms with van der Waals surface area (Å²) in [6.07, 6.45) is 4.52. The lowest BCUT2D eigenvalue weighted by Gasteiger charge is -1.98. The van der Waals surface area contributed by atoms with E-state index in [1.54, 1.807) is 12.4 Å². The Kier molecular flexibility index (Phi) is 4.83. The maximum Gasteiger partial charge on any atom is 0.354 e. The second-order valence-electron chi connectivity index (χ2n) is 3.62. The normalized spacial score (nSPS) is 11.6. The van der Waals surface area contributed by atoms with Crippen molar-refractivity contribution in [2.24, 2.45) is 0 Å². The predicted octanol–water partition coefficient (Wildman–Crippen LogP) is 3.12. The molecule has 0 aliphatic carbocycles. The van der Waals surface area contributed by atoms with Gasteiger partial charge in [0.1, 0.15) is 5.82 Å². The zero-order valence-electron chi connectivity index (χ0n) is 9.55. The molecule has 0 aliphatic heterocycles. The van der Waals surface area contributed by atoms with Crippen LogP contribution in [0.1, 0.15) is 32.3 Å². The van der Waals surface area contributed by atoms with Crippen LogP contribution in [-0.4, -0.2) is 12.1 Å². The Bertz CT molecular complexity index is 397. The zero-order chi connectivity index (χ0) is 12.0. The Balaban J connectivity index is 3.02. The van der Waals surface area contributed by atoms with E-state index in [0.717, 1.165) is 24.8 Å². The zero-order valence-corrected chi connectivity index (χ0v) is 9.55. The van der Waals surface area contributed by atoms with Crippen LogP contribution in [0.4, 0.5) is 4.39 Å². The molecule has 3 heteroatoms. The van der Waals surface area contributed by atoms with Crippen LogP contribution in [0, 0.1) is 5.82 Å². The number of ketones is 1. The molecule has 0 spiro atoms. The Morgan fingerprint density at radius 1 is 1.50 bits per heavy atom. The van der Waals surface area contributed by atoms with E-state index in [1.807, 2.05) is 0 Å². The van der Waals surface area contributed by atoms with Crippen molar-refractivity contribution in [3.05, 3.63) is 29.6 Å². The number of hydrogen-bond acceptors (Lipinski definition) is 1. The Hall–Kier alpha value is -1.51. The highest BCUT2D eigenvalue weighted by molar-refractivity contribution is 6.24. The molecule has 0 heterocycles. The predicted molar refractivity (Wildman–Crippen MR) is 60.8 cm³/mol. The van der Waals surface area contributed by atoms with Gasteiger partial charge in [-0.3, -0.25) is 0 Å². The van der Waals surface area contributed by atoms with Crippen molar-refractivity contribution < 1.29 is 13.6 Å². The van der Waals surface area contributed by atoms with E-state index in [9.17, 15) is 9.18 Å². The van der Waals surface area contributed by atoms with Crippen LogP contribution < -0.4 is 0 Å². The van der Waals surface area contributed by atoms with Crippen LogP contribution in [-0.2, 0) is 15.6 Å². The van der Waals surface area contributed by atoms with Crippen LogP contribution in [0.2, 0.25) is 0 Å². The number of halogens is 1. The smallest absolute Gasteiger partial charge is 0.354 e. The summed E-state index contributed by atoms with van der Waals surface area (Å²) >= 11 is 0. The third-order valence-corrected chi connectivity index (χ3v) is 2.24. The van der Waals surface area contributed by atoms with E-state index in [2.05, 4.69) is 6.92 Å². The van der Waals surface area contributed by atoms with Crippen molar-refractivity contribution in [2.45, 2.75) is 33.1 Å². The van der Waals surface area contributed by atoms with E-state index < -0.39 is 0 Å². The summed E-state index contributed by atoms with van der Waals surface area (Å²) in [6.45, 7) is 3.59. The van der Waals surface area contributed by atoms with Crippen molar-refractivity contribution in [3.8, 4) is 5.75 Å². The van der Waals surface area contributed by atoms with E-state index in [0.29, 0.717) is 5.75 Å². The summed E-state index contributed by atoms with van der Waals surface area (Å²) in [5.41, 5.74) is 0.915. The molecule has 0 saturated carbocycles. The third kappa shape index (κ3) is 3.57. The van der Waals surface area contributed by atoms with Crippen molar-refractivity contribution in [3.63, 3.8) is 0 Å². The minimum absolute atomic E-state index is 0.114. The monoisotopic (exact) mass is 222 g/mol. The van der Waals surface area contributed by atoms with Gasteiger partial charge < -0.3 is 4.79 Å². The van der Waals surface area contributed by atoms with E-state index in [-0.39, 0.29) is 11.6 Å². The first-order chi connectivity index (χ1) is 7.67. The van der Waals surface area contributed by atoms with Crippen LogP contribution in [0.5, 0.6) is 5.75 Å². The average Bonchev–Trinajstić information content (AvgIpc) is 2.28. The first kappa shape index (κ1) is 12.6. The maximum absolute atomic E-state index is 13.0. The lowest BCUT2D eigenvalue weighted by Crippen LogP contribution is -1.96. The Morgan fingerprint density at radius 2 is 2.25 bits per heavy atom. The molecule has 0 atom stereocenters. The highest BCUT2D eigenvalue weighted by Crippen LogP contribution is 2.22. The minimum Gasteiger partial charge on any atom is -0.529 e. The van der Waals surface area contributed by atoms with Gasteiger partial charge in [-0.05, 0) is 25.0 Å². The Labute approximate surface area is 94.8 Å². The molecule has 0 saturated heterocycles. The molecule has 86 valence electrons. The van der Waals surface area contributed by atoms with Gasteiger partial charge in [-0.15, -0.1) is 6.29 Å². The minimum atomic E-state index is -0.367. The quantitative estimate of drug-likeness (QED) is 0.427. The third-order valence-electron chi connectivity index (χ3n) is 2.24. The summed E-state index contributed by atoms with van der Waals surface area (Å²) in [7, 11) is 0. The lowest BCUT2D eigenvalue weighted by molar-refractivity contribution is -0.365. The van der Waals surface area contributed by atoms with Crippen molar-refractivity contribution in [2.75, 3.05) is 0 Å². The first-order valence-electron chi connectivity index (χ1n) is 5.35. The van der Waals surface area contributed by atoms with Crippen LogP contribution >= 0.6 is 0 Å². The van der Waals surface area contributed by atoms with Gasteiger partial charge in [0.2, 0.25) is 0 Å². The number of carbonyl (C=O) groups excluding carboxylic acids is 2. The number of hydrogen-bond donors (Lipinski definition) is 0. The van der Waals surface area contributed by atoms with Crippen molar-refractivity contribution in [1.82, 2.24) is 0 Å². The molecule has 0 bridgehead atoms. The number of rotatable bonds is 5. The second-order valence-corrected chi connectivity index (χ2v) is 3.62. The standard InChI is InChI=1S/C13H15FO2/c1-3-4-5-11-6-7-12(14)8-13(11)16-10(2)9-15/h6-8H,3-5H2,1-2H3. The fraction of sp³-hybridized carbons (Fsp3) is 0.385. The second kappa shape index (κ2) is 6.16. The molecule has 0 unspecified atom stereocenters. The van der Waals surface area contributed by atoms with Crippen LogP contribution in [0.3, 0.4) is 0 Å². The summed E-state index contributed by atoms with van der Waals surface area (Å²) in [4.78, 5) is 10.3. The lowest BCUT2D eigenvalue weighted by atomic mass is 10.1. The van der Waals surface area contributed by atoms with E-state index >= 15 is 0 Å². The van der Waals surface area contributed by atoms with Gasteiger partial charge >= 0.3 is 5.75 Å². The summed E-state index contributed by atoms with van der Waals surface area (Å²) in [5.74, 6) is 0.159. The number of unbranched alkanes of at least 4 members (excludes halogenated alkanes) is 1. The molecule has 2 nitrogen and oxygen atoms in total. The largest absolute Gasteiger partial charge is 0.529 e. The van der Waals surface area contributed by atoms with E-state index in [1.165, 1.54) is 19.1 Å². The maximum atomic E-state index is 13.0. The molecular formula is C13H15FO2. The van der Waals surface area contributed by atoms with Crippen molar-refractivity contribution >= 4 is 12.1 Å². The van der Waals surface area contributed by atoms with Gasteiger partial charge in [0, 0.05) is 6.92 Å². The molecule has 1 rings (SSSR count). The summed E-state index contributed by atoms with van der Waals surface area (Å²) < 4.78 is 18.3. The van der Waals surface area contributed by atoms with Crippen LogP contribution in [0.25, 0.3) is 0 Å². The van der Waals surface area contributed by atoms with Crippen molar-refractivity contribution in [1.29, 1.82) is 0 Å². The van der Waals surface area contributed by atoms with Gasteiger partial charge in [-0.25, -0.2) is 8.82 Å². The molecule has 0 amide bonds. The van der Waals surface area contributed by atoms with Gasteiger partial charge in [0.05, 0.1) is 11.6 Å². The molecule has 1 aromatic rings. The summed E-state index contributed by atoms with van der Waals surface area (Å²) in [6, 6.07) is 4.39. The fourth-order valence-electron chi connectivity index (χ4n) is 1.38. The summed E-state index contributed by atoms with van der Waals surface area (Å²) in [5, 5.41) is 0. The first-order valence-corrected chi connectivity index (χ1v) is 5.35. The average molecular weight is 222 g/mol. The number of aryl methyl sites for hydroxylation is 1. The molecule has 0 aromatic heterocycles. The Morgan fingerprint density at radius 3 is 2.88 bits per heavy atom. The number of benzene rings is 1. The van der Waals surface area contributed by atoms with Gasteiger partial charge in [-0.2, -0.15) is 0 Å². The van der Waals surface area contributed by atoms with Gasteiger partial charge in [-0.1, -0.05) is 13.3 Å². The van der Waals surface area contributed by atoms with Gasteiger partial charge in [0.15, 0.2) is 5.78 Å². The molecule has 0 radical (unpaired) electrons. The highest BCUT2D eigenvalue weighted by atomic mass is 19.1. The van der Waals surface area contributed by atoms with Gasteiger partial charge in [0.25, 0.3) is 0 Å². The highest BCUT2D eigenvalue weighted by Gasteiger charge is 2.12. The molecule has 16 heavy (non-hydrogen) atoms. The van der Waals surface area contributed by atoms with Crippen LogP contribution in [0.15, 0.2) is 18.2 Å². The topological polar surface area (TPSA) is 28.4 Å². The molecule has 0 N–H and O–H groups in total. The SMILES string of the molecule is CCCCc1ccc(F)cc1[O+]=C(C)[C-]=O. The molecule has 0 aliphatic rings.